The van der Waals surface area contributed by atoms with Crippen molar-refractivity contribution in [3.63, 3.8) is 0 Å². The van der Waals surface area contributed by atoms with Crippen molar-refractivity contribution in [3.8, 4) is 5.75 Å². The van der Waals surface area contributed by atoms with Crippen molar-refractivity contribution in [2.75, 3.05) is 20.3 Å². The number of nitrogens with one attached hydrogen (secondary N) is 1. The molecule has 0 saturated carbocycles. The van der Waals surface area contributed by atoms with E-state index >= 15 is 0 Å². The van der Waals surface area contributed by atoms with Crippen LogP contribution in [0, 0.1) is 5.41 Å². The summed E-state index contributed by atoms with van der Waals surface area (Å²) in [5.74, 6) is 0.741. The van der Waals surface area contributed by atoms with E-state index in [9.17, 15) is 4.79 Å². The van der Waals surface area contributed by atoms with Gasteiger partial charge in [0.05, 0.1) is 13.5 Å². The fourth-order valence-corrected chi connectivity index (χ4v) is 1.76. The number of rotatable bonds is 7. The van der Waals surface area contributed by atoms with Gasteiger partial charge in [-0.15, -0.1) is 0 Å². The molecule has 0 aromatic heterocycles. The van der Waals surface area contributed by atoms with Crippen molar-refractivity contribution in [1.29, 1.82) is 0 Å². The largest absolute Gasteiger partial charge is 0.497 e. The van der Waals surface area contributed by atoms with Crippen LogP contribution in [0.5, 0.6) is 5.75 Å². The smallest absolute Gasteiger partial charge is 0.224 e. The van der Waals surface area contributed by atoms with Crippen LogP contribution in [-0.2, 0) is 11.2 Å². The van der Waals surface area contributed by atoms with Crippen LogP contribution in [0.4, 0.5) is 0 Å². The van der Waals surface area contributed by atoms with E-state index in [-0.39, 0.29) is 17.9 Å². The number of aliphatic hydroxyl groups is 1. The van der Waals surface area contributed by atoms with Crippen LogP contribution in [0.1, 0.15) is 25.8 Å². The van der Waals surface area contributed by atoms with Gasteiger partial charge in [-0.05, 0) is 29.5 Å². The maximum Gasteiger partial charge on any atom is 0.224 e. The second kappa shape index (κ2) is 7.14. The van der Waals surface area contributed by atoms with Crippen molar-refractivity contribution in [2.24, 2.45) is 5.41 Å². The highest BCUT2D eigenvalue weighted by Crippen LogP contribution is 2.18. The van der Waals surface area contributed by atoms with E-state index in [2.05, 4.69) is 5.32 Å². The van der Waals surface area contributed by atoms with Crippen LogP contribution < -0.4 is 10.1 Å². The van der Waals surface area contributed by atoms with Gasteiger partial charge in [-0.25, -0.2) is 0 Å². The van der Waals surface area contributed by atoms with E-state index in [1.807, 2.05) is 38.1 Å². The molecule has 106 valence electrons. The standard InChI is InChI=1S/C15H23NO3/c1-15(2,7-8-17)11-16-14(18)10-12-5-4-6-13(9-12)19-3/h4-6,9,17H,7-8,10-11H2,1-3H3,(H,16,18). The Kier molecular flexibility index (Phi) is 5.83. The number of hydrogen-bond acceptors (Lipinski definition) is 3. The average Bonchev–Trinajstić information content (AvgIpc) is 2.37. The molecule has 1 rings (SSSR count). The van der Waals surface area contributed by atoms with Crippen molar-refractivity contribution >= 4 is 5.91 Å². The van der Waals surface area contributed by atoms with Gasteiger partial charge >= 0.3 is 0 Å². The first kappa shape index (κ1) is 15.5. The Labute approximate surface area is 114 Å². The fraction of sp³-hybridized carbons (Fsp3) is 0.533. The number of carbonyl (C=O) groups excluding carboxylic acids is 1. The Balaban J connectivity index is 2.46. The minimum Gasteiger partial charge on any atom is -0.497 e. The zero-order chi connectivity index (χ0) is 14.3. The summed E-state index contributed by atoms with van der Waals surface area (Å²) in [5.41, 5.74) is 0.843. The lowest BCUT2D eigenvalue weighted by atomic mass is 9.89. The number of ether oxygens (including phenoxy) is 1. The Morgan fingerprint density at radius 1 is 1.42 bits per heavy atom. The van der Waals surface area contributed by atoms with Crippen LogP contribution in [0.25, 0.3) is 0 Å². The Morgan fingerprint density at radius 3 is 2.79 bits per heavy atom. The molecule has 2 N–H and O–H groups in total. The molecule has 0 fully saturated rings. The predicted molar refractivity (Wildman–Crippen MR) is 75.2 cm³/mol. The van der Waals surface area contributed by atoms with Crippen LogP contribution in [0.15, 0.2) is 24.3 Å². The van der Waals surface area contributed by atoms with Gasteiger partial charge < -0.3 is 15.2 Å². The van der Waals surface area contributed by atoms with Gasteiger partial charge in [0.2, 0.25) is 5.91 Å². The number of methoxy groups -OCH3 is 1. The molecular formula is C15H23NO3. The third kappa shape index (κ3) is 5.75. The van der Waals surface area contributed by atoms with Gasteiger partial charge in [0.25, 0.3) is 0 Å². The second-order valence-electron chi connectivity index (χ2n) is 5.44. The number of benzene rings is 1. The third-order valence-electron chi connectivity index (χ3n) is 3.05. The van der Waals surface area contributed by atoms with Crippen molar-refractivity contribution in [3.05, 3.63) is 29.8 Å². The molecule has 0 aliphatic rings. The third-order valence-corrected chi connectivity index (χ3v) is 3.05. The summed E-state index contributed by atoms with van der Waals surface area (Å²) in [7, 11) is 1.61. The molecular weight excluding hydrogens is 242 g/mol. The lowest BCUT2D eigenvalue weighted by molar-refractivity contribution is -0.120. The summed E-state index contributed by atoms with van der Waals surface area (Å²) >= 11 is 0. The molecule has 4 heteroatoms. The molecule has 0 radical (unpaired) electrons. The van der Waals surface area contributed by atoms with E-state index in [1.165, 1.54) is 0 Å². The van der Waals surface area contributed by atoms with Crippen molar-refractivity contribution in [2.45, 2.75) is 26.7 Å². The molecule has 19 heavy (non-hydrogen) atoms. The number of aliphatic hydroxyl groups excluding tert-OH is 1. The predicted octanol–water partition coefficient (Wildman–Crippen LogP) is 1.76. The van der Waals surface area contributed by atoms with Gasteiger partial charge in [-0.3, -0.25) is 4.79 Å². The average molecular weight is 265 g/mol. The molecule has 1 aromatic rings. The minimum absolute atomic E-state index is 0.0146. The highest BCUT2D eigenvalue weighted by molar-refractivity contribution is 5.78. The SMILES string of the molecule is COc1cccc(CC(=O)NCC(C)(C)CCO)c1. The highest BCUT2D eigenvalue weighted by Gasteiger charge is 2.18. The molecule has 0 heterocycles. The molecule has 1 aromatic carbocycles. The number of carbonyl (C=O) groups is 1. The van der Waals surface area contributed by atoms with E-state index in [0.29, 0.717) is 19.4 Å². The van der Waals surface area contributed by atoms with Gasteiger partial charge in [0, 0.05) is 13.2 Å². The maximum absolute atomic E-state index is 11.8. The Morgan fingerprint density at radius 2 is 2.16 bits per heavy atom. The molecule has 1 amide bonds. The quantitative estimate of drug-likeness (QED) is 0.790. The number of amides is 1. The monoisotopic (exact) mass is 265 g/mol. The van der Waals surface area contributed by atoms with Crippen LogP contribution in [0.3, 0.4) is 0 Å². The zero-order valence-corrected chi connectivity index (χ0v) is 11.9. The minimum atomic E-state index is -0.0845. The van der Waals surface area contributed by atoms with E-state index in [4.69, 9.17) is 9.84 Å². The zero-order valence-electron chi connectivity index (χ0n) is 11.9. The topological polar surface area (TPSA) is 58.6 Å². The lowest BCUT2D eigenvalue weighted by Crippen LogP contribution is -2.35. The van der Waals surface area contributed by atoms with Crippen molar-refractivity contribution in [1.82, 2.24) is 5.32 Å². The second-order valence-corrected chi connectivity index (χ2v) is 5.44. The first-order valence-corrected chi connectivity index (χ1v) is 6.47. The van der Waals surface area contributed by atoms with Crippen LogP contribution in [-0.4, -0.2) is 31.3 Å². The number of hydrogen-bond donors (Lipinski definition) is 2. The summed E-state index contributed by atoms with van der Waals surface area (Å²) in [4.78, 5) is 11.8. The normalized spacial score (nSPS) is 11.2. The summed E-state index contributed by atoms with van der Waals surface area (Å²) in [6.45, 7) is 4.75. The van der Waals surface area contributed by atoms with Crippen LogP contribution in [0.2, 0.25) is 0 Å². The van der Waals surface area contributed by atoms with E-state index < -0.39 is 0 Å². The van der Waals surface area contributed by atoms with Gasteiger partial charge in [0.1, 0.15) is 5.75 Å². The van der Waals surface area contributed by atoms with Crippen LogP contribution >= 0.6 is 0 Å². The van der Waals surface area contributed by atoms with Crippen molar-refractivity contribution < 1.29 is 14.6 Å². The molecule has 0 aliphatic heterocycles. The molecule has 0 saturated heterocycles. The summed E-state index contributed by atoms with van der Waals surface area (Å²) in [6, 6.07) is 7.49. The summed E-state index contributed by atoms with van der Waals surface area (Å²) < 4.78 is 5.12. The van der Waals surface area contributed by atoms with Gasteiger partial charge in [-0.2, -0.15) is 0 Å². The fourth-order valence-electron chi connectivity index (χ4n) is 1.76. The molecule has 0 unspecified atom stereocenters. The Bertz CT molecular complexity index is 416. The Hall–Kier alpha value is -1.55. The summed E-state index contributed by atoms with van der Waals surface area (Å²) in [6.07, 6.45) is 1.01. The highest BCUT2D eigenvalue weighted by atomic mass is 16.5. The molecule has 0 atom stereocenters. The van der Waals surface area contributed by atoms with Gasteiger partial charge in [-0.1, -0.05) is 26.0 Å². The van der Waals surface area contributed by atoms with E-state index in [1.54, 1.807) is 7.11 Å². The first-order chi connectivity index (χ1) is 8.96. The molecule has 0 bridgehead atoms. The van der Waals surface area contributed by atoms with Gasteiger partial charge in [0.15, 0.2) is 0 Å². The lowest BCUT2D eigenvalue weighted by Gasteiger charge is -2.23. The molecule has 0 aliphatic carbocycles. The van der Waals surface area contributed by atoms with E-state index in [0.717, 1.165) is 11.3 Å². The summed E-state index contributed by atoms with van der Waals surface area (Å²) in [5, 5.41) is 11.8. The molecule has 4 nitrogen and oxygen atoms in total. The molecule has 0 spiro atoms. The maximum atomic E-state index is 11.8. The first-order valence-electron chi connectivity index (χ1n) is 6.47.